The minimum absolute atomic E-state index is 0.160. The van der Waals surface area contributed by atoms with Crippen molar-refractivity contribution in [3.05, 3.63) is 0 Å². The molecule has 0 heterocycles. The van der Waals surface area contributed by atoms with Crippen LogP contribution in [-0.2, 0) is 9.53 Å². The van der Waals surface area contributed by atoms with E-state index in [4.69, 9.17) is 0 Å². The largest absolute Gasteiger partial charge is 0.469 e. The Morgan fingerprint density at radius 1 is 0.905 bits per heavy atom. The molecule has 0 saturated heterocycles. The van der Waals surface area contributed by atoms with Crippen LogP contribution in [0.2, 0.25) is 0 Å². The number of methoxy groups -OCH3 is 1. The molecule has 0 N–H and O–H groups in total. The second-order valence-corrected chi connectivity index (χ2v) is 5.59. The summed E-state index contributed by atoms with van der Waals surface area (Å²) in [5, 5.41) is 0. The Hall–Kier alpha value is -0.740. The fourth-order valence-electron chi connectivity index (χ4n) is 2.39. The number of unbranched alkanes of at least 4 members (excludes halogenated alkanes) is 9. The predicted octanol–water partition coefficient (Wildman–Crippen LogP) is 5.65. The van der Waals surface area contributed by atoms with E-state index in [1.807, 2.05) is 0 Å². The Morgan fingerprint density at radius 2 is 1.33 bits per heavy atom. The molecule has 0 aromatic heterocycles. The van der Waals surface area contributed by atoms with Gasteiger partial charge in [-0.2, -0.15) is 13.2 Å². The molecule has 0 rings (SSSR count). The lowest BCUT2D eigenvalue weighted by Crippen LogP contribution is -2.31. The Labute approximate surface area is 126 Å². The lowest BCUT2D eigenvalue weighted by atomic mass is 9.99. The first kappa shape index (κ1) is 20.3. The molecule has 5 heteroatoms. The van der Waals surface area contributed by atoms with Gasteiger partial charge in [0.2, 0.25) is 0 Å². The molecule has 0 radical (unpaired) electrons. The van der Waals surface area contributed by atoms with Crippen LogP contribution in [0, 0.1) is 5.92 Å². The molecule has 21 heavy (non-hydrogen) atoms. The van der Waals surface area contributed by atoms with Crippen LogP contribution in [0.15, 0.2) is 0 Å². The van der Waals surface area contributed by atoms with Crippen molar-refractivity contribution < 1.29 is 22.7 Å². The number of halogens is 3. The molecular formula is C16H29F3O2. The van der Waals surface area contributed by atoms with Crippen molar-refractivity contribution in [3.8, 4) is 0 Å². The molecule has 0 saturated carbocycles. The summed E-state index contributed by atoms with van der Waals surface area (Å²) in [6.45, 7) is 2.18. The highest BCUT2D eigenvalue weighted by atomic mass is 19.4. The van der Waals surface area contributed by atoms with Crippen LogP contribution in [0.5, 0.6) is 0 Å². The molecule has 0 aromatic carbocycles. The molecular weight excluding hydrogens is 281 g/mol. The molecule has 1 atom stereocenters. The zero-order valence-corrected chi connectivity index (χ0v) is 13.3. The maximum absolute atomic E-state index is 12.6. The van der Waals surface area contributed by atoms with Crippen LogP contribution >= 0.6 is 0 Å². The summed E-state index contributed by atoms with van der Waals surface area (Å²) in [5.41, 5.74) is 0. The number of hydrogen-bond acceptors (Lipinski definition) is 2. The fourth-order valence-corrected chi connectivity index (χ4v) is 2.39. The standard InChI is InChI=1S/C16H29F3O2/c1-3-4-5-6-7-8-9-10-11-12-13-14(15(20)21-2)16(17,18)19/h14H,3-13H2,1-2H3/t14-/m1/s1. The average Bonchev–Trinajstić information content (AvgIpc) is 2.42. The van der Waals surface area contributed by atoms with Crippen molar-refractivity contribution in [3.63, 3.8) is 0 Å². The molecule has 126 valence electrons. The van der Waals surface area contributed by atoms with E-state index >= 15 is 0 Å². The zero-order valence-electron chi connectivity index (χ0n) is 13.3. The number of alkyl halides is 3. The second-order valence-electron chi connectivity index (χ2n) is 5.59. The first-order valence-electron chi connectivity index (χ1n) is 8.08. The van der Waals surface area contributed by atoms with E-state index in [2.05, 4.69) is 11.7 Å². The Bertz CT molecular complexity index is 265. The Morgan fingerprint density at radius 3 is 1.71 bits per heavy atom. The van der Waals surface area contributed by atoms with Gasteiger partial charge in [0.1, 0.15) is 0 Å². The first-order chi connectivity index (χ1) is 9.93. The van der Waals surface area contributed by atoms with Crippen molar-refractivity contribution in [2.24, 2.45) is 5.92 Å². The topological polar surface area (TPSA) is 26.3 Å². The third-order valence-electron chi connectivity index (χ3n) is 3.73. The molecule has 2 nitrogen and oxygen atoms in total. The van der Waals surface area contributed by atoms with Gasteiger partial charge in [0, 0.05) is 0 Å². The molecule has 0 fully saturated rings. The van der Waals surface area contributed by atoms with E-state index in [0.717, 1.165) is 32.8 Å². The smallest absolute Gasteiger partial charge is 0.402 e. The maximum Gasteiger partial charge on any atom is 0.402 e. The van der Waals surface area contributed by atoms with Crippen molar-refractivity contribution in [1.82, 2.24) is 0 Å². The molecule has 0 bridgehead atoms. The molecule has 0 aromatic rings. The van der Waals surface area contributed by atoms with Gasteiger partial charge in [-0.15, -0.1) is 0 Å². The predicted molar refractivity (Wildman–Crippen MR) is 78.0 cm³/mol. The number of carbonyl (C=O) groups is 1. The summed E-state index contributed by atoms with van der Waals surface area (Å²) in [5.74, 6) is -3.13. The lowest BCUT2D eigenvalue weighted by molar-refractivity contribution is -0.197. The Balaban J connectivity index is 3.61. The molecule has 0 unspecified atom stereocenters. The SMILES string of the molecule is CCCCCCCCCCCC[C@H](C(=O)OC)C(F)(F)F. The molecule has 0 aliphatic heterocycles. The molecule has 0 aliphatic rings. The molecule has 0 spiro atoms. The van der Waals surface area contributed by atoms with Crippen molar-refractivity contribution >= 4 is 5.97 Å². The highest BCUT2D eigenvalue weighted by molar-refractivity contribution is 5.73. The van der Waals surface area contributed by atoms with Crippen LogP contribution in [-0.4, -0.2) is 19.3 Å². The summed E-state index contributed by atoms with van der Waals surface area (Å²) >= 11 is 0. The van der Waals surface area contributed by atoms with Gasteiger partial charge in [-0.1, -0.05) is 71.1 Å². The molecule has 0 aliphatic carbocycles. The van der Waals surface area contributed by atoms with E-state index in [-0.39, 0.29) is 6.42 Å². The van der Waals surface area contributed by atoms with Gasteiger partial charge in [-0.05, 0) is 6.42 Å². The number of ether oxygens (including phenoxy) is 1. The number of carbonyl (C=O) groups excluding carboxylic acids is 1. The van der Waals surface area contributed by atoms with Crippen molar-refractivity contribution in [2.75, 3.05) is 7.11 Å². The summed E-state index contributed by atoms with van der Waals surface area (Å²) in [6.07, 6.45) is 5.96. The maximum atomic E-state index is 12.6. The highest BCUT2D eigenvalue weighted by Gasteiger charge is 2.44. The van der Waals surface area contributed by atoms with Gasteiger partial charge in [0.25, 0.3) is 0 Å². The summed E-state index contributed by atoms with van der Waals surface area (Å²) < 4.78 is 42.1. The van der Waals surface area contributed by atoms with Crippen LogP contribution in [0.25, 0.3) is 0 Å². The Kier molecular flexibility index (Phi) is 11.5. The highest BCUT2D eigenvalue weighted by Crippen LogP contribution is 2.31. The van der Waals surface area contributed by atoms with Gasteiger partial charge >= 0.3 is 12.1 Å². The van der Waals surface area contributed by atoms with Crippen LogP contribution in [0.3, 0.4) is 0 Å². The van der Waals surface area contributed by atoms with Crippen LogP contribution < -0.4 is 0 Å². The van der Waals surface area contributed by atoms with E-state index in [1.54, 1.807) is 0 Å². The molecule has 0 amide bonds. The summed E-state index contributed by atoms with van der Waals surface area (Å²) in [7, 11) is 1.000. The summed E-state index contributed by atoms with van der Waals surface area (Å²) in [4.78, 5) is 11.1. The van der Waals surface area contributed by atoms with Gasteiger partial charge in [-0.3, -0.25) is 4.79 Å². The monoisotopic (exact) mass is 310 g/mol. The third kappa shape index (κ3) is 10.6. The first-order valence-corrected chi connectivity index (χ1v) is 8.08. The minimum atomic E-state index is -4.49. The van der Waals surface area contributed by atoms with E-state index in [9.17, 15) is 18.0 Å². The van der Waals surface area contributed by atoms with Crippen molar-refractivity contribution in [1.29, 1.82) is 0 Å². The number of rotatable bonds is 12. The van der Waals surface area contributed by atoms with Gasteiger partial charge in [0.05, 0.1) is 7.11 Å². The third-order valence-corrected chi connectivity index (χ3v) is 3.73. The summed E-state index contributed by atoms with van der Waals surface area (Å²) in [6, 6.07) is 0. The van der Waals surface area contributed by atoms with Gasteiger partial charge in [-0.25, -0.2) is 0 Å². The number of hydrogen-bond donors (Lipinski definition) is 0. The van der Waals surface area contributed by atoms with E-state index in [0.29, 0.717) is 6.42 Å². The van der Waals surface area contributed by atoms with Crippen molar-refractivity contribution in [2.45, 2.75) is 83.7 Å². The van der Waals surface area contributed by atoms with Gasteiger partial charge < -0.3 is 4.74 Å². The van der Waals surface area contributed by atoms with Crippen LogP contribution in [0.1, 0.15) is 77.6 Å². The lowest BCUT2D eigenvalue weighted by Gasteiger charge is -2.17. The normalized spacial score (nSPS) is 13.2. The van der Waals surface area contributed by atoms with E-state index < -0.39 is 18.1 Å². The quantitative estimate of drug-likeness (QED) is 0.344. The zero-order chi connectivity index (χ0) is 16.1. The fraction of sp³-hybridized carbons (Fsp3) is 0.938. The number of esters is 1. The second kappa shape index (κ2) is 11.9. The average molecular weight is 310 g/mol. The van der Waals surface area contributed by atoms with E-state index in [1.165, 1.54) is 32.1 Å². The van der Waals surface area contributed by atoms with Gasteiger partial charge in [0.15, 0.2) is 5.92 Å². The minimum Gasteiger partial charge on any atom is -0.469 e. The van der Waals surface area contributed by atoms with Crippen LogP contribution in [0.4, 0.5) is 13.2 Å².